The maximum atomic E-state index is 11.9. The van der Waals surface area contributed by atoms with Crippen molar-refractivity contribution in [2.45, 2.75) is 6.92 Å². The molecule has 3 aromatic heterocycles. The number of H-pyrrole nitrogens is 1. The van der Waals surface area contributed by atoms with Crippen molar-refractivity contribution in [1.82, 2.24) is 15.4 Å². The van der Waals surface area contributed by atoms with Crippen LogP contribution >= 0.6 is 0 Å². The fraction of sp³-hybridized carbons (Fsp3) is 0.0833. The highest BCUT2D eigenvalue weighted by atomic mass is 16.5. The number of hydrogen-bond donors (Lipinski definition) is 2. The zero-order valence-electron chi connectivity index (χ0n) is 10.0. The van der Waals surface area contributed by atoms with Crippen LogP contribution in [0.5, 0.6) is 0 Å². The van der Waals surface area contributed by atoms with Crippen LogP contribution in [0.15, 0.2) is 39.5 Å². The first-order chi connectivity index (χ1) is 9.22. The lowest BCUT2D eigenvalue weighted by Crippen LogP contribution is -2.12. The quantitative estimate of drug-likeness (QED) is 0.750. The zero-order valence-corrected chi connectivity index (χ0v) is 10.0. The van der Waals surface area contributed by atoms with E-state index in [1.54, 1.807) is 18.2 Å². The Bertz CT molecular complexity index is 696. The predicted octanol–water partition coefficient (Wildman–Crippen LogP) is 2.22. The second kappa shape index (κ2) is 4.45. The third-order valence-corrected chi connectivity index (χ3v) is 2.45. The molecular weight excluding hydrogens is 248 g/mol. The fourth-order valence-corrected chi connectivity index (χ4v) is 1.58. The molecule has 0 bridgehead atoms. The van der Waals surface area contributed by atoms with Gasteiger partial charge in [-0.2, -0.15) is 5.10 Å². The van der Waals surface area contributed by atoms with Crippen molar-refractivity contribution in [1.29, 1.82) is 0 Å². The Hall–Kier alpha value is -2.83. The summed E-state index contributed by atoms with van der Waals surface area (Å²) in [6.45, 7) is 1.84. The Morgan fingerprint density at radius 3 is 2.95 bits per heavy atom. The smallest absolute Gasteiger partial charge is 0.279 e. The highest BCUT2D eigenvalue weighted by molar-refractivity contribution is 6.02. The second-order valence-electron chi connectivity index (χ2n) is 3.94. The molecule has 0 aromatic carbocycles. The number of aromatic nitrogens is 3. The molecule has 0 fully saturated rings. The molecule has 0 atom stereocenters. The van der Waals surface area contributed by atoms with Crippen LogP contribution < -0.4 is 5.32 Å². The normalized spacial score (nSPS) is 10.6. The number of anilines is 1. The van der Waals surface area contributed by atoms with Crippen LogP contribution in [0.1, 0.15) is 16.2 Å². The number of carbonyl (C=O) groups is 1. The molecule has 0 radical (unpaired) electrons. The SMILES string of the molecule is Cc1cc(NC(=O)c2cc(-c3ccco3)on2)n[nH]1. The van der Waals surface area contributed by atoms with Gasteiger partial charge in [0, 0.05) is 17.8 Å². The molecule has 0 saturated heterocycles. The molecule has 0 aliphatic heterocycles. The molecule has 2 N–H and O–H groups in total. The maximum Gasteiger partial charge on any atom is 0.279 e. The van der Waals surface area contributed by atoms with E-state index in [1.165, 1.54) is 12.3 Å². The molecule has 0 spiro atoms. The largest absolute Gasteiger partial charge is 0.461 e. The fourth-order valence-electron chi connectivity index (χ4n) is 1.58. The molecule has 96 valence electrons. The average molecular weight is 258 g/mol. The summed E-state index contributed by atoms with van der Waals surface area (Å²) in [5.41, 5.74) is 1.01. The Kier molecular flexibility index (Phi) is 2.64. The molecule has 0 unspecified atom stereocenters. The van der Waals surface area contributed by atoms with Gasteiger partial charge in [0.15, 0.2) is 17.3 Å². The van der Waals surface area contributed by atoms with Gasteiger partial charge in [0.2, 0.25) is 5.76 Å². The third-order valence-electron chi connectivity index (χ3n) is 2.45. The van der Waals surface area contributed by atoms with Crippen molar-refractivity contribution < 1.29 is 13.7 Å². The van der Waals surface area contributed by atoms with E-state index < -0.39 is 5.91 Å². The van der Waals surface area contributed by atoms with Crippen LogP contribution in [0.2, 0.25) is 0 Å². The monoisotopic (exact) mass is 258 g/mol. The first-order valence-electron chi connectivity index (χ1n) is 5.56. The van der Waals surface area contributed by atoms with Crippen LogP contribution in [-0.2, 0) is 0 Å². The highest BCUT2D eigenvalue weighted by Gasteiger charge is 2.15. The van der Waals surface area contributed by atoms with Gasteiger partial charge < -0.3 is 14.3 Å². The van der Waals surface area contributed by atoms with E-state index in [0.29, 0.717) is 17.3 Å². The first-order valence-corrected chi connectivity index (χ1v) is 5.56. The van der Waals surface area contributed by atoms with E-state index in [4.69, 9.17) is 8.94 Å². The minimum absolute atomic E-state index is 0.159. The van der Waals surface area contributed by atoms with Gasteiger partial charge in [0.05, 0.1) is 6.26 Å². The van der Waals surface area contributed by atoms with Crippen molar-refractivity contribution in [2.24, 2.45) is 0 Å². The van der Waals surface area contributed by atoms with Crippen LogP contribution in [0, 0.1) is 6.92 Å². The number of carbonyl (C=O) groups excluding carboxylic acids is 1. The molecular formula is C12H10N4O3. The average Bonchev–Trinajstić information content (AvgIpc) is 3.08. The highest BCUT2D eigenvalue weighted by Crippen LogP contribution is 2.20. The van der Waals surface area contributed by atoms with Gasteiger partial charge in [0.1, 0.15) is 0 Å². The molecule has 1 amide bonds. The van der Waals surface area contributed by atoms with E-state index in [9.17, 15) is 4.79 Å². The number of nitrogens with zero attached hydrogens (tertiary/aromatic N) is 2. The Labute approximate surface area is 107 Å². The van der Waals surface area contributed by atoms with Crippen LogP contribution in [0.4, 0.5) is 5.82 Å². The Morgan fingerprint density at radius 2 is 2.26 bits per heavy atom. The summed E-state index contributed by atoms with van der Waals surface area (Å²) in [5.74, 6) is 0.952. The number of furan rings is 1. The molecule has 7 nitrogen and oxygen atoms in total. The topological polar surface area (TPSA) is 97.0 Å². The van der Waals surface area contributed by atoms with Crippen LogP contribution in [-0.4, -0.2) is 21.3 Å². The number of rotatable bonds is 3. The summed E-state index contributed by atoms with van der Waals surface area (Å²) >= 11 is 0. The van der Waals surface area contributed by atoms with Crippen LogP contribution in [0.25, 0.3) is 11.5 Å². The molecule has 0 saturated carbocycles. The zero-order chi connectivity index (χ0) is 13.2. The van der Waals surface area contributed by atoms with Gasteiger partial charge in [0.25, 0.3) is 5.91 Å². The van der Waals surface area contributed by atoms with Gasteiger partial charge in [-0.25, -0.2) is 0 Å². The lowest BCUT2D eigenvalue weighted by atomic mass is 10.3. The summed E-state index contributed by atoms with van der Waals surface area (Å²) in [7, 11) is 0. The number of hydrogen-bond acceptors (Lipinski definition) is 5. The lowest BCUT2D eigenvalue weighted by Gasteiger charge is -1.95. The maximum absolute atomic E-state index is 11.9. The van der Waals surface area contributed by atoms with E-state index in [1.807, 2.05) is 6.92 Å². The summed E-state index contributed by atoms with van der Waals surface area (Å²) in [5, 5.41) is 12.9. The summed E-state index contributed by atoms with van der Waals surface area (Å²) in [6, 6.07) is 6.67. The van der Waals surface area contributed by atoms with Gasteiger partial charge in [-0.15, -0.1) is 0 Å². The van der Waals surface area contributed by atoms with E-state index in [2.05, 4.69) is 20.7 Å². The minimum Gasteiger partial charge on any atom is -0.461 e. The molecule has 3 aromatic rings. The predicted molar refractivity (Wildman–Crippen MR) is 65.5 cm³/mol. The third kappa shape index (κ3) is 2.25. The lowest BCUT2D eigenvalue weighted by molar-refractivity contribution is 0.101. The van der Waals surface area contributed by atoms with Gasteiger partial charge in [-0.1, -0.05) is 5.16 Å². The summed E-state index contributed by atoms with van der Waals surface area (Å²) in [6.07, 6.45) is 1.52. The second-order valence-corrected chi connectivity index (χ2v) is 3.94. The van der Waals surface area contributed by atoms with Crippen molar-refractivity contribution in [2.75, 3.05) is 5.32 Å². The van der Waals surface area contributed by atoms with Crippen molar-refractivity contribution in [3.05, 3.63) is 41.9 Å². The Balaban J connectivity index is 1.77. The molecule has 0 aliphatic carbocycles. The van der Waals surface area contributed by atoms with Crippen molar-refractivity contribution in [3.63, 3.8) is 0 Å². The molecule has 3 rings (SSSR count). The molecule has 7 heteroatoms. The standard InChI is InChI=1S/C12H10N4O3/c1-7-5-11(15-14-7)13-12(17)8-6-10(19-16-8)9-3-2-4-18-9/h2-6H,1H3,(H2,13,14,15,17). The van der Waals surface area contributed by atoms with Crippen molar-refractivity contribution >= 4 is 11.7 Å². The molecule has 0 aliphatic rings. The molecule has 19 heavy (non-hydrogen) atoms. The minimum atomic E-state index is -0.395. The van der Waals surface area contributed by atoms with Crippen LogP contribution in [0.3, 0.4) is 0 Å². The van der Waals surface area contributed by atoms with Gasteiger partial charge in [-0.3, -0.25) is 9.89 Å². The number of aryl methyl sites for hydroxylation is 1. The number of nitrogens with one attached hydrogen (secondary N) is 2. The van der Waals surface area contributed by atoms with E-state index >= 15 is 0 Å². The van der Waals surface area contributed by atoms with Gasteiger partial charge in [-0.05, 0) is 19.1 Å². The van der Waals surface area contributed by atoms with Crippen molar-refractivity contribution in [3.8, 4) is 11.5 Å². The first kappa shape index (κ1) is 11.3. The van der Waals surface area contributed by atoms with Gasteiger partial charge >= 0.3 is 0 Å². The molecule has 3 heterocycles. The van der Waals surface area contributed by atoms with E-state index in [0.717, 1.165) is 5.69 Å². The number of aromatic amines is 1. The summed E-state index contributed by atoms with van der Waals surface area (Å²) < 4.78 is 10.2. The Morgan fingerprint density at radius 1 is 1.37 bits per heavy atom. The summed E-state index contributed by atoms with van der Waals surface area (Å²) in [4.78, 5) is 11.9. The van der Waals surface area contributed by atoms with E-state index in [-0.39, 0.29) is 5.69 Å². The number of amides is 1.